The monoisotopic (exact) mass is 244 g/mol. The lowest BCUT2D eigenvalue weighted by Gasteiger charge is -2.18. The predicted molar refractivity (Wildman–Crippen MR) is 59.6 cm³/mol. The van der Waals surface area contributed by atoms with Crippen LogP contribution in [0.4, 0.5) is 5.00 Å². The SMILES string of the molecule is CCN(CCO)C(=O)c1ccc([N+](=O)[O-])s1. The van der Waals surface area contributed by atoms with Gasteiger partial charge in [0.05, 0.1) is 16.4 Å². The fraction of sp³-hybridized carbons (Fsp3) is 0.444. The Bertz CT molecular complexity index is 391. The van der Waals surface area contributed by atoms with Crippen LogP contribution in [0.15, 0.2) is 12.1 Å². The van der Waals surface area contributed by atoms with Gasteiger partial charge >= 0.3 is 5.00 Å². The summed E-state index contributed by atoms with van der Waals surface area (Å²) in [6.45, 7) is 2.37. The van der Waals surface area contributed by atoms with E-state index in [1.807, 2.05) is 0 Å². The van der Waals surface area contributed by atoms with Crippen molar-refractivity contribution >= 4 is 22.2 Å². The molecular weight excluding hydrogens is 232 g/mol. The van der Waals surface area contributed by atoms with Gasteiger partial charge in [0.2, 0.25) is 0 Å². The van der Waals surface area contributed by atoms with Gasteiger partial charge in [0.25, 0.3) is 5.91 Å². The lowest BCUT2D eigenvalue weighted by atomic mass is 10.4. The predicted octanol–water partition coefficient (Wildman–Crippen LogP) is 1.11. The molecular formula is C9H12N2O4S. The van der Waals surface area contributed by atoms with Crippen molar-refractivity contribution in [1.29, 1.82) is 0 Å². The number of aliphatic hydroxyl groups is 1. The summed E-state index contributed by atoms with van der Waals surface area (Å²) in [6, 6.07) is 2.75. The maximum atomic E-state index is 11.8. The third-order valence-electron chi connectivity index (χ3n) is 2.02. The smallest absolute Gasteiger partial charge is 0.324 e. The zero-order valence-electron chi connectivity index (χ0n) is 8.75. The Kier molecular flexibility index (Phi) is 4.39. The first-order valence-electron chi connectivity index (χ1n) is 4.74. The number of amides is 1. The summed E-state index contributed by atoms with van der Waals surface area (Å²) in [7, 11) is 0. The molecule has 16 heavy (non-hydrogen) atoms. The van der Waals surface area contributed by atoms with Crippen molar-refractivity contribution in [2.75, 3.05) is 19.7 Å². The van der Waals surface area contributed by atoms with Crippen LogP contribution in [0.3, 0.4) is 0 Å². The fourth-order valence-electron chi connectivity index (χ4n) is 1.22. The zero-order chi connectivity index (χ0) is 12.1. The average Bonchev–Trinajstić information content (AvgIpc) is 2.74. The number of carbonyl (C=O) groups is 1. The lowest BCUT2D eigenvalue weighted by molar-refractivity contribution is -0.380. The number of aliphatic hydroxyl groups excluding tert-OH is 1. The van der Waals surface area contributed by atoms with Gasteiger partial charge in [-0.05, 0) is 13.0 Å². The number of carbonyl (C=O) groups excluding carboxylic acids is 1. The number of rotatable bonds is 5. The molecule has 1 rings (SSSR count). The standard InChI is InChI=1S/C9H12N2O4S/c1-2-10(5-6-12)9(13)7-3-4-8(16-7)11(14)15/h3-4,12H,2,5-6H2,1H3. The Morgan fingerprint density at radius 2 is 2.31 bits per heavy atom. The number of nitro groups is 1. The van der Waals surface area contributed by atoms with E-state index in [0.717, 1.165) is 11.3 Å². The van der Waals surface area contributed by atoms with Crippen LogP contribution in [-0.4, -0.2) is 40.5 Å². The maximum absolute atomic E-state index is 11.8. The van der Waals surface area contributed by atoms with E-state index in [4.69, 9.17) is 5.11 Å². The highest BCUT2D eigenvalue weighted by molar-refractivity contribution is 7.17. The molecule has 1 aromatic rings. The Hall–Kier alpha value is -1.47. The Morgan fingerprint density at radius 3 is 2.75 bits per heavy atom. The highest BCUT2D eigenvalue weighted by Crippen LogP contribution is 2.24. The second-order valence-corrected chi connectivity index (χ2v) is 4.07. The molecule has 0 bridgehead atoms. The van der Waals surface area contributed by atoms with Crippen molar-refractivity contribution in [2.24, 2.45) is 0 Å². The third-order valence-corrected chi connectivity index (χ3v) is 3.05. The largest absolute Gasteiger partial charge is 0.395 e. The minimum atomic E-state index is -0.524. The first kappa shape index (κ1) is 12.6. The summed E-state index contributed by atoms with van der Waals surface area (Å²) in [6.07, 6.45) is 0. The number of likely N-dealkylation sites (N-methyl/N-ethyl adjacent to an activating group) is 1. The van der Waals surface area contributed by atoms with Gasteiger partial charge in [-0.3, -0.25) is 14.9 Å². The molecule has 0 aliphatic rings. The molecule has 88 valence electrons. The van der Waals surface area contributed by atoms with Crippen LogP contribution in [0, 0.1) is 10.1 Å². The van der Waals surface area contributed by atoms with Crippen molar-refractivity contribution in [2.45, 2.75) is 6.92 Å². The number of thiophene rings is 1. The van der Waals surface area contributed by atoms with Crippen LogP contribution in [0.25, 0.3) is 0 Å². The van der Waals surface area contributed by atoms with Crippen molar-refractivity contribution < 1.29 is 14.8 Å². The molecule has 0 spiro atoms. The molecule has 0 aliphatic carbocycles. The molecule has 1 aromatic heterocycles. The molecule has 0 atom stereocenters. The van der Waals surface area contributed by atoms with Gasteiger partial charge < -0.3 is 10.0 Å². The van der Waals surface area contributed by atoms with Crippen molar-refractivity contribution in [3.05, 3.63) is 27.1 Å². The van der Waals surface area contributed by atoms with Crippen LogP contribution < -0.4 is 0 Å². The fourth-order valence-corrected chi connectivity index (χ4v) is 2.01. The van der Waals surface area contributed by atoms with Crippen LogP contribution in [-0.2, 0) is 0 Å². The van der Waals surface area contributed by atoms with Crippen molar-refractivity contribution in [1.82, 2.24) is 4.90 Å². The molecule has 0 fully saturated rings. The second kappa shape index (κ2) is 5.57. The van der Waals surface area contributed by atoms with E-state index in [0.29, 0.717) is 11.4 Å². The number of hydrogen-bond donors (Lipinski definition) is 1. The summed E-state index contributed by atoms with van der Waals surface area (Å²) in [5, 5.41) is 19.2. The van der Waals surface area contributed by atoms with E-state index in [-0.39, 0.29) is 24.1 Å². The van der Waals surface area contributed by atoms with Crippen molar-refractivity contribution in [3.63, 3.8) is 0 Å². The summed E-state index contributed by atoms with van der Waals surface area (Å²) in [5.74, 6) is -0.283. The minimum absolute atomic E-state index is 0.0524. The quantitative estimate of drug-likeness (QED) is 0.621. The number of nitrogens with zero attached hydrogens (tertiary/aromatic N) is 2. The summed E-state index contributed by atoms with van der Waals surface area (Å²) >= 11 is 0.847. The minimum Gasteiger partial charge on any atom is -0.395 e. The van der Waals surface area contributed by atoms with E-state index in [2.05, 4.69) is 0 Å². The van der Waals surface area contributed by atoms with Gasteiger partial charge in [0.1, 0.15) is 0 Å². The van der Waals surface area contributed by atoms with Crippen LogP contribution >= 0.6 is 11.3 Å². The Morgan fingerprint density at radius 1 is 1.62 bits per heavy atom. The van der Waals surface area contributed by atoms with Gasteiger partial charge in [0.15, 0.2) is 0 Å². The molecule has 6 nitrogen and oxygen atoms in total. The topological polar surface area (TPSA) is 83.7 Å². The van der Waals surface area contributed by atoms with Gasteiger partial charge in [-0.1, -0.05) is 11.3 Å². The van der Waals surface area contributed by atoms with E-state index < -0.39 is 4.92 Å². The molecule has 7 heteroatoms. The summed E-state index contributed by atoms with van der Waals surface area (Å²) in [4.78, 5) is 23.5. The van der Waals surface area contributed by atoms with Gasteiger partial charge in [-0.25, -0.2) is 0 Å². The number of hydrogen-bond acceptors (Lipinski definition) is 5. The van der Waals surface area contributed by atoms with Crippen LogP contribution in [0.1, 0.15) is 16.6 Å². The highest BCUT2D eigenvalue weighted by atomic mass is 32.1. The van der Waals surface area contributed by atoms with Crippen molar-refractivity contribution in [3.8, 4) is 0 Å². The third kappa shape index (κ3) is 2.77. The first-order valence-corrected chi connectivity index (χ1v) is 5.56. The molecule has 0 saturated carbocycles. The van der Waals surface area contributed by atoms with E-state index in [9.17, 15) is 14.9 Å². The van der Waals surface area contributed by atoms with Gasteiger partial charge in [0, 0.05) is 19.2 Å². The zero-order valence-corrected chi connectivity index (χ0v) is 9.57. The van der Waals surface area contributed by atoms with E-state index >= 15 is 0 Å². The van der Waals surface area contributed by atoms with Gasteiger partial charge in [-0.15, -0.1) is 0 Å². The van der Waals surface area contributed by atoms with Gasteiger partial charge in [-0.2, -0.15) is 0 Å². The average molecular weight is 244 g/mol. The lowest BCUT2D eigenvalue weighted by Crippen LogP contribution is -2.32. The molecule has 0 aromatic carbocycles. The second-order valence-electron chi connectivity index (χ2n) is 3.00. The summed E-state index contributed by atoms with van der Waals surface area (Å²) < 4.78 is 0. The Labute approximate surface area is 96.3 Å². The van der Waals surface area contributed by atoms with Crippen LogP contribution in [0.5, 0.6) is 0 Å². The molecule has 0 aliphatic heterocycles. The van der Waals surface area contributed by atoms with Crippen LogP contribution in [0.2, 0.25) is 0 Å². The highest BCUT2D eigenvalue weighted by Gasteiger charge is 2.19. The molecule has 0 radical (unpaired) electrons. The normalized spacial score (nSPS) is 10.1. The molecule has 1 heterocycles. The molecule has 0 unspecified atom stereocenters. The molecule has 0 saturated heterocycles. The first-order chi connectivity index (χ1) is 7.60. The van der Waals surface area contributed by atoms with E-state index in [1.54, 1.807) is 6.92 Å². The van der Waals surface area contributed by atoms with E-state index in [1.165, 1.54) is 17.0 Å². The maximum Gasteiger partial charge on any atom is 0.324 e. The summed E-state index contributed by atoms with van der Waals surface area (Å²) in [5.41, 5.74) is 0. The Balaban J connectivity index is 2.82. The molecule has 1 amide bonds. The molecule has 1 N–H and O–H groups in total.